The summed E-state index contributed by atoms with van der Waals surface area (Å²) in [5.41, 5.74) is 0.400. The average Bonchev–Trinajstić information content (AvgIpc) is 2.37. The van der Waals surface area contributed by atoms with Crippen LogP contribution in [0.1, 0.15) is 53.4 Å². The highest BCUT2D eigenvalue weighted by molar-refractivity contribution is 5.79. The highest BCUT2D eigenvalue weighted by Gasteiger charge is 2.34. The molecule has 1 N–H and O–H groups in total. The highest BCUT2D eigenvalue weighted by Crippen LogP contribution is 2.40. The Labute approximate surface area is 118 Å². The first-order chi connectivity index (χ1) is 8.88. The van der Waals surface area contributed by atoms with E-state index in [-0.39, 0.29) is 0 Å². The molecule has 2 aliphatic rings. The Morgan fingerprint density at radius 2 is 1.79 bits per heavy atom. The molecule has 1 saturated heterocycles. The third-order valence-corrected chi connectivity index (χ3v) is 4.98. The van der Waals surface area contributed by atoms with Gasteiger partial charge in [0.15, 0.2) is 0 Å². The third kappa shape index (κ3) is 3.71. The van der Waals surface area contributed by atoms with Gasteiger partial charge in [0.2, 0.25) is 5.91 Å². The zero-order valence-corrected chi connectivity index (χ0v) is 13.0. The van der Waals surface area contributed by atoms with E-state index in [0.717, 1.165) is 38.4 Å². The Balaban J connectivity index is 1.85. The summed E-state index contributed by atoms with van der Waals surface area (Å²) in [6, 6.07) is 0.448. The molecule has 1 amide bonds. The molecule has 0 aromatic heterocycles. The van der Waals surface area contributed by atoms with Crippen LogP contribution in [0, 0.1) is 17.3 Å². The molecule has 0 radical (unpaired) electrons. The quantitative estimate of drug-likeness (QED) is 0.791. The van der Waals surface area contributed by atoms with E-state index >= 15 is 0 Å². The predicted molar refractivity (Wildman–Crippen MR) is 78.9 cm³/mol. The number of amides is 1. The van der Waals surface area contributed by atoms with Crippen LogP contribution in [0.15, 0.2) is 0 Å². The van der Waals surface area contributed by atoms with E-state index in [9.17, 15) is 4.79 Å². The molecule has 1 atom stereocenters. The van der Waals surface area contributed by atoms with Gasteiger partial charge in [0, 0.05) is 31.6 Å². The zero-order chi connectivity index (χ0) is 14.0. The van der Waals surface area contributed by atoms with Crippen molar-refractivity contribution in [2.45, 2.75) is 59.4 Å². The minimum Gasteiger partial charge on any atom is -0.340 e. The van der Waals surface area contributed by atoms with Crippen LogP contribution in [0.3, 0.4) is 0 Å². The Hall–Kier alpha value is -0.570. The Bertz CT molecular complexity index is 313. The number of rotatable bonds is 1. The van der Waals surface area contributed by atoms with E-state index in [1.54, 1.807) is 0 Å². The van der Waals surface area contributed by atoms with Gasteiger partial charge in [-0.2, -0.15) is 0 Å². The highest BCUT2D eigenvalue weighted by atomic mass is 16.2. The van der Waals surface area contributed by atoms with Crippen LogP contribution in [-0.2, 0) is 4.79 Å². The smallest absolute Gasteiger partial charge is 0.225 e. The Kier molecular flexibility index (Phi) is 4.54. The molecule has 1 aliphatic heterocycles. The summed E-state index contributed by atoms with van der Waals surface area (Å²) in [6.07, 6.45) is 4.64. The van der Waals surface area contributed by atoms with E-state index < -0.39 is 0 Å². The first kappa shape index (κ1) is 14.8. The van der Waals surface area contributed by atoms with Crippen molar-refractivity contribution in [3.63, 3.8) is 0 Å². The first-order valence-corrected chi connectivity index (χ1v) is 7.90. The van der Waals surface area contributed by atoms with Crippen molar-refractivity contribution >= 4 is 5.91 Å². The second-order valence-electron chi connectivity index (χ2n) is 7.55. The van der Waals surface area contributed by atoms with Crippen molar-refractivity contribution in [3.8, 4) is 0 Å². The fraction of sp³-hybridized carbons (Fsp3) is 0.938. The number of hydrogen-bond donors (Lipinski definition) is 1. The van der Waals surface area contributed by atoms with E-state index in [2.05, 4.69) is 37.9 Å². The van der Waals surface area contributed by atoms with Crippen LogP contribution in [0.5, 0.6) is 0 Å². The van der Waals surface area contributed by atoms with E-state index in [4.69, 9.17) is 0 Å². The fourth-order valence-corrected chi connectivity index (χ4v) is 3.60. The molecular formula is C16H30N2O. The average molecular weight is 266 g/mol. The number of nitrogens with one attached hydrogen (secondary N) is 1. The van der Waals surface area contributed by atoms with Gasteiger partial charge in [-0.15, -0.1) is 0 Å². The SMILES string of the molecule is CC1CN(C(=O)C2CCC(C(C)(C)C)CC2)CCN1. The Morgan fingerprint density at radius 3 is 2.32 bits per heavy atom. The molecule has 1 unspecified atom stereocenters. The Morgan fingerprint density at radius 1 is 1.16 bits per heavy atom. The van der Waals surface area contributed by atoms with Crippen molar-refractivity contribution in [2.24, 2.45) is 17.3 Å². The topological polar surface area (TPSA) is 32.3 Å². The molecule has 1 saturated carbocycles. The van der Waals surface area contributed by atoms with Crippen LogP contribution in [-0.4, -0.2) is 36.5 Å². The van der Waals surface area contributed by atoms with Crippen LogP contribution in [0.2, 0.25) is 0 Å². The maximum Gasteiger partial charge on any atom is 0.225 e. The fourth-order valence-electron chi connectivity index (χ4n) is 3.60. The molecule has 3 heteroatoms. The molecule has 19 heavy (non-hydrogen) atoms. The normalized spacial score (nSPS) is 33.3. The van der Waals surface area contributed by atoms with Gasteiger partial charge in [0.25, 0.3) is 0 Å². The molecule has 2 fully saturated rings. The summed E-state index contributed by atoms with van der Waals surface area (Å²) in [5, 5.41) is 3.40. The van der Waals surface area contributed by atoms with Crippen LogP contribution in [0.4, 0.5) is 0 Å². The lowest BCUT2D eigenvalue weighted by Gasteiger charge is -2.39. The van der Waals surface area contributed by atoms with Crippen LogP contribution in [0.25, 0.3) is 0 Å². The summed E-state index contributed by atoms with van der Waals surface area (Å²) in [7, 11) is 0. The maximum atomic E-state index is 12.6. The lowest BCUT2D eigenvalue weighted by molar-refractivity contribution is -0.138. The van der Waals surface area contributed by atoms with Crippen molar-refractivity contribution < 1.29 is 4.79 Å². The minimum atomic E-state index is 0.295. The second kappa shape index (κ2) is 5.82. The molecule has 0 aromatic rings. The van der Waals surface area contributed by atoms with Crippen LogP contribution >= 0.6 is 0 Å². The van der Waals surface area contributed by atoms with Crippen molar-refractivity contribution in [1.29, 1.82) is 0 Å². The molecule has 0 aromatic carbocycles. The molecular weight excluding hydrogens is 236 g/mol. The molecule has 2 rings (SSSR count). The van der Waals surface area contributed by atoms with Crippen molar-refractivity contribution in [3.05, 3.63) is 0 Å². The van der Waals surface area contributed by atoms with Crippen molar-refractivity contribution in [2.75, 3.05) is 19.6 Å². The molecule has 3 nitrogen and oxygen atoms in total. The largest absolute Gasteiger partial charge is 0.340 e. The van der Waals surface area contributed by atoms with E-state index in [1.807, 2.05) is 0 Å². The first-order valence-electron chi connectivity index (χ1n) is 7.90. The lowest BCUT2D eigenvalue weighted by Crippen LogP contribution is -2.53. The zero-order valence-electron chi connectivity index (χ0n) is 13.0. The summed E-state index contributed by atoms with van der Waals surface area (Å²) in [4.78, 5) is 14.6. The molecule has 110 valence electrons. The van der Waals surface area contributed by atoms with Gasteiger partial charge in [-0.3, -0.25) is 4.79 Å². The van der Waals surface area contributed by atoms with Crippen LogP contribution < -0.4 is 5.32 Å². The molecule has 0 bridgehead atoms. The number of carbonyl (C=O) groups is 1. The van der Waals surface area contributed by atoms with Gasteiger partial charge in [-0.1, -0.05) is 20.8 Å². The maximum absolute atomic E-state index is 12.6. The van der Waals surface area contributed by atoms with E-state index in [0.29, 0.717) is 23.3 Å². The summed E-state index contributed by atoms with van der Waals surface area (Å²) < 4.78 is 0. The van der Waals surface area contributed by atoms with Crippen molar-refractivity contribution in [1.82, 2.24) is 10.2 Å². The molecule has 0 spiro atoms. The summed E-state index contributed by atoms with van der Waals surface area (Å²) in [6.45, 7) is 11.9. The van der Waals surface area contributed by atoms with E-state index in [1.165, 1.54) is 12.8 Å². The minimum absolute atomic E-state index is 0.295. The third-order valence-electron chi connectivity index (χ3n) is 4.98. The van der Waals surface area contributed by atoms with Gasteiger partial charge in [-0.25, -0.2) is 0 Å². The predicted octanol–water partition coefficient (Wildman–Crippen LogP) is 2.66. The van der Waals surface area contributed by atoms with Gasteiger partial charge < -0.3 is 10.2 Å². The lowest BCUT2D eigenvalue weighted by atomic mass is 9.69. The molecule has 1 heterocycles. The number of carbonyl (C=O) groups excluding carboxylic acids is 1. The number of nitrogens with zero attached hydrogens (tertiary/aromatic N) is 1. The second-order valence-corrected chi connectivity index (χ2v) is 7.55. The van der Waals surface area contributed by atoms with Gasteiger partial charge in [-0.05, 0) is 43.9 Å². The number of piperazine rings is 1. The number of hydrogen-bond acceptors (Lipinski definition) is 2. The summed E-state index contributed by atoms with van der Waals surface area (Å²) >= 11 is 0. The summed E-state index contributed by atoms with van der Waals surface area (Å²) in [5.74, 6) is 1.50. The van der Waals surface area contributed by atoms with Gasteiger partial charge in [0.1, 0.15) is 0 Å². The molecule has 1 aliphatic carbocycles. The monoisotopic (exact) mass is 266 g/mol. The van der Waals surface area contributed by atoms with Gasteiger partial charge in [0.05, 0.1) is 0 Å². The van der Waals surface area contributed by atoms with Gasteiger partial charge >= 0.3 is 0 Å². The standard InChI is InChI=1S/C16H30N2O/c1-12-11-18(10-9-17-12)15(19)13-5-7-14(8-6-13)16(2,3)4/h12-14,17H,5-11H2,1-4H3.